The molecule has 0 radical (unpaired) electrons. The molecular weight excluding hydrogens is 604 g/mol. The maximum Gasteiger partial charge on any atom is 0.338 e. The maximum atomic E-state index is 14.1. The van der Waals surface area contributed by atoms with E-state index in [2.05, 4.69) is 29.8 Å². The molecule has 41 heavy (non-hydrogen) atoms. The first-order valence-electron chi connectivity index (χ1n) is 13.2. The minimum absolute atomic E-state index is 0.0838. The first kappa shape index (κ1) is 28.6. The summed E-state index contributed by atoms with van der Waals surface area (Å²) in [5.41, 5.74) is 3.48. The number of thiazole rings is 1. The topological polar surface area (TPSA) is 90.1 Å². The number of halogens is 1. The molecule has 0 amide bonds. The van der Waals surface area contributed by atoms with Crippen molar-refractivity contribution in [3.05, 3.63) is 119 Å². The number of rotatable bonds is 7. The molecule has 1 aliphatic rings. The molecule has 0 fully saturated rings. The van der Waals surface area contributed by atoms with Crippen molar-refractivity contribution in [2.45, 2.75) is 32.7 Å². The van der Waals surface area contributed by atoms with Gasteiger partial charge in [-0.15, -0.1) is 0 Å². The zero-order valence-electron chi connectivity index (χ0n) is 23.1. The van der Waals surface area contributed by atoms with Gasteiger partial charge in [0.1, 0.15) is 0 Å². The molecule has 5 rings (SSSR count). The molecular formula is C32H29BrN2O5S. The van der Waals surface area contributed by atoms with Crippen LogP contribution in [0.1, 0.15) is 55.0 Å². The number of phenols is 1. The number of hydrogen-bond acceptors (Lipinski definition) is 7. The zero-order chi connectivity index (χ0) is 29.3. The SMILES string of the molecule is CCOC(=O)C1=C(c2ccccc2)N=c2s/c(=C\c3cc(Br)cc(OC)c3O)c(=O)n2[C@H]1c1ccc(C(C)C)cc1. The number of carbonyl (C=O) groups is 1. The normalized spacial score (nSPS) is 15.1. The monoisotopic (exact) mass is 632 g/mol. The standard InChI is InChI=1S/C32H29BrN2O5S/c1-5-40-31(38)26-27(20-9-7-6-8-10-20)34-32-35(28(26)21-13-11-19(12-14-21)18(2)3)30(37)25(41-32)16-22-15-23(33)17-24(39-4)29(22)36/h6-18,28,36H,5H2,1-4H3/b25-16-/t28-/m0/s1. The molecule has 1 N–H and O–H groups in total. The fourth-order valence-corrected chi connectivity index (χ4v) is 6.27. The average Bonchev–Trinajstić information content (AvgIpc) is 3.28. The minimum atomic E-state index is -0.769. The summed E-state index contributed by atoms with van der Waals surface area (Å²) in [6, 6.07) is 20.0. The van der Waals surface area contributed by atoms with E-state index in [1.165, 1.54) is 18.4 Å². The molecule has 1 atom stereocenters. The van der Waals surface area contributed by atoms with Crippen LogP contribution in [0.3, 0.4) is 0 Å². The molecule has 0 bridgehead atoms. The van der Waals surface area contributed by atoms with Crippen LogP contribution < -0.4 is 19.6 Å². The maximum absolute atomic E-state index is 14.1. The van der Waals surface area contributed by atoms with E-state index in [1.807, 2.05) is 54.6 Å². The van der Waals surface area contributed by atoms with E-state index >= 15 is 0 Å². The number of phenolic OH excluding ortho intramolecular Hbond substituents is 1. The number of benzene rings is 3. The Morgan fingerprint density at radius 1 is 1.15 bits per heavy atom. The highest BCUT2D eigenvalue weighted by atomic mass is 79.9. The van der Waals surface area contributed by atoms with Crippen molar-refractivity contribution < 1.29 is 19.4 Å². The summed E-state index contributed by atoms with van der Waals surface area (Å²) in [6.45, 7) is 6.16. The van der Waals surface area contributed by atoms with Crippen molar-refractivity contribution >= 4 is 45.0 Å². The fraction of sp³-hybridized carbons (Fsp3) is 0.219. The third-order valence-electron chi connectivity index (χ3n) is 6.87. The van der Waals surface area contributed by atoms with Gasteiger partial charge in [0.2, 0.25) is 0 Å². The number of esters is 1. The van der Waals surface area contributed by atoms with Crippen molar-refractivity contribution in [2.75, 3.05) is 13.7 Å². The van der Waals surface area contributed by atoms with Crippen LogP contribution in [0.2, 0.25) is 0 Å². The lowest BCUT2D eigenvalue weighted by atomic mass is 9.91. The highest BCUT2D eigenvalue weighted by molar-refractivity contribution is 9.10. The Morgan fingerprint density at radius 2 is 1.85 bits per heavy atom. The van der Waals surface area contributed by atoms with Crippen LogP contribution in [0.15, 0.2) is 86.6 Å². The summed E-state index contributed by atoms with van der Waals surface area (Å²) in [5, 5.41) is 10.8. The summed E-state index contributed by atoms with van der Waals surface area (Å²) in [5.74, 6) is -0.0189. The largest absolute Gasteiger partial charge is 0.504 e. The average molecular weight is 634 g/mol. The molecule has 210 valence electrons. The Balaban J connectivity index is 1.83. The Hall–Kier alpha value is -3.95. The first-order chi connectivity index (χ1) is 19.7. The van der Waals surface area contributed by atoms with E-state index in [1.54, 1.807) is 29.7 Å². The summed E-state index contributed by atoms with van der Waals surface area (Å²) in [4.78, 5) is 33.0. The van der Waals surface area contributed by atoms with Crippen LogP contribution in [0.5, 0.6) is 11.5 Å². The van der Waals surface area contributed by atoms with Crippen LogP contribution in [0.4, 0.5) is 0 Å². The van der Waals surface area contributed by atoms with Gasteiger partial charge in [0.25, 0.3) is 5.56 Å². The second-order valence-corrected chi connectivity index (χ2v) is 11.7. The van der Waals surface area contributed by atoms with Gasteiger partial charge < -0.3 is 14.6 Å². The van der Waals surface area contributed by atoms with Crippen molar-refractivity contribution in [1.82, 2.24) is 4.57 Å². The van der Waals surface area contributed by atoms with Crippen molar-refractivity contribution in [3.8, 4) is 11.5 Å². The van der Waals surface area contributed by atoms with Gasteiger partial charge in [-0.2, -0.15) is 0 Å². The molecule has 9 heteroatoms. The minimum Gasteiger partial charge on any atom is -0.504 e. The molecule has 3 aromatic carbocycles. The van der Waals surface area contributed by atoms with Gasteiger partial charge in [-0.05, 0) is 42.2 Å². The predicted octanol–water partition coefficient (Wildman–Crippen LogP) is 5.54. The molecule has 0 saturated heterocycles. The van der Waals surface area contributed by atoms with Gasteiger partial charge >= 0.3 is 5.97 Å². The Bertz CT molecular complexity index is 1820. The molecule has 4 aromatic rings. The number of nitrogens with zero attached hydrogens (tertiary/aromatic N) is 2. The van der Waals surface area contributed by atoms with Gasteiger partial charge in [0.05, 0.1) is 35.6 Å². The lowest BCUT2D eigenvalue weighted by Crippen LogP contribution is -2.40. The summed E-state index contributed by atoms with van der Waals surface area (Å²) in [6.07, 6.45) is 1.61. The van der Waals surface area contributed by atoms with E-state index in [0.29, 0.717) is 36.6 Å². The first-order valence-corrected chi connectivity index (χ1v) is 14.8. The van der Waals surface area contributed by atoms with E-state index < -0.39 is 12.0 Å². The fourth-order valence-electron chi connectivity index (χ4n) is 4.82. The quantitative estimate of drug-likeness (QED) is 0.270. The van der Waals surface area contributed by atoms with E-state index in [4.69, 9.17) is 14.5 Å². The van der Waals surface area contributed by atoms with Crippen LogP contribution in [-0.2, 0) is 9.53 Å². The summed E-state index contributed by atoms with van der Waals surface area (Å²) >= 11 is 4.63. The number of ether oxygens (including phenoxy) is 2. The summed E-state index contributed by atoms with van der Waals surface area (Å²) < 4.78 is 13.4. The Kier molecular flexibility index (Phi) is 8.28. The Morgan fingerprint density at radius 3 is 2.49 bits per heavy atom. The van der Waals surface area contributed by atoms with E-state index in [9.17, 15) is 14.7 Å². The second kappa shape index (κ2) is 11.9. The molecule has 1 aliphatic heterocycles. The van der Waals surface area contributed by atoms with Crippen LogP contribution in [-0.4, -0.2) is 29.4 Å². The third kappa shape index (κ3) is 5.52. The van der Waals surface area contributed by atoms with Gasteiger partial charge in [0, 0.05) is 15.6 Å². The number of carbonyl (C=O) groups excluding carboxylic acids is 1. The van der Waals surface area contributed by atoms with E-state index in [0.717, 1.165) is 16.7 Å². The third-order valence-corrected chi connectivity index (χ3v) is 8.31. The highest BCUT2D eigenvalue weighted by Crippen LogP contribution is 2.36. The lowest BCUT2D eigenvalue weighted by Gasteiger charge is -2.26. The molecule has 0 saturated carbocycles. The Labute approximate surface area is 249 Å². The van der Waals surface area contributed by atoms with Crippen LogP contribution in [0.25, 0.3) is 11.8 Å². The summed E-state index contributed by atoms with van der Waals surface area (Å²) in [7, 11) is 1.46. The molecule has 0 unspecified atom stereocenters. The van der Waals surface area contributed by atoms with Gasteiger partial charge in [-0.1, -0.05) is 95.7 Å². The number of hydrogen-bond donors (Lipinski definition) is 1. The van der Waals surface area contributed by atoms with Crippen LogP contribution in [0, 0.1) is 0 Å². The second-order valence-electron chi connectivity index (χ2n) is 9.80. The number of methoxy groups -OCH3 is 1. The molecule has 0 spiro atoms. The number of aromatic nitrogens is 1. The lowest BCUT2D eigenvalue weighted by molar-refractivity contribution is -0.138. The number of fused-ring (bicyclic) bond motifs is 1. The van der Waals surface area contributed by atoms with Crippen molar-refractivity contribution in [1.29, 1.82) is 0 Å². The molecule has 0 aliphatic carbocycles. The molecule has 1 aromatic heterocycles. The molecule has 2 heterocycles. The van der Waals surface area contributed by atoms with Crippen molar-refractivity contribution in [2.24, 2.45) is 4.99 Å². The van der Waals surface area contributed by atoms with Gasteiger partial charge in [-0.3, -0.25) is 9.36 Å². The van der Waals surface area contributed by atoms with Crippen LogP contribution >= 0.6 is 27.3 Å². The predicted molar refractivity (Wildman–Crippen MR) is 164 cm³/mol. The van der Waals surface area contributed by atoms with Crippen molar-refractivity contribution in [3.63, 3.8) is 0 Å². The van der Waals surface area contributed by atoms with Gasteiger partial charge in [0.15, 0.2) is 16.3 Å². The smallest absolute Gasteiger partial charge is 0.338 e. The molecule has 7 nitrogen and oxygen atoms in total. The van der Waals surface area contributed by atoms with E-state index in [-0.39, 0.29) is 23.7 Å². The number of aromatic hydroxyl groups is 1. The van der Waals surface area contributed by atoms with Gasteiger partial charge in [-0.25, -0.2) is 9.79 Å². The zero-order valence-corrected chi connectivity index (χ0v) is 25.5. The highest BCUT2D eigenvalue weighted by Gasteiger charge is 2.35.